The summed E-state index contributed by atoms with van der Waals surface area (Å²) in [6.07, 6.45) is 2.40. The van der Waals surface area contributed by atoms with E-state index in [1.165, 1.54) is 0 Å². The smallest absolute Gasteiger partial charge is 0.246 e. The molecular formula is C10H13ClN4O. The fourth-order valence-electron chi connectivity index (χ4n) is 1.60. The van der Waals surface area contributed by atoms with Gasteiger partial charge in [0.1, 0.15) is 5.15 Å². The van der Waals surface area contributed by atoms with Crippen molar-refractivity contribution in [2.45, 2.75) is 31.7 Å². The maximum Gasteiger partial charge on any atom is 0.246 e. The molecule has 1 fully saturated rings. The van der Waals surface area contributed by atoms with Crippen LogP contribution < -0.4 is 11.1 Å². The Morgan fingerprint density at radius 2 is 2.25 bits per heavy atom. The molecule has 6 heteroatoms. The van der Waals surface area contributed by atoms with E-state index >= 15 is 0 Å². The summed E-state index contributed by atoms with van der Waals surface area (Å²) in [7, 11) is 0. The minimum Gasteiger partial charge on any atom is -0.317 e. The lowest BCUT2D eigenvalue weighted by molar-refractivity contribution is -0.123. The standard InChI is InChI=1S/C10H13ClN4O/c1-6-5-7(11)14-9(13-6)15-8(16)10(12)3-2-4-10/h5H,2-4,12H2,1H3,(H,13,14,15,16). The molecule has 1 amide bonds. The zero-order valence-corrected chi connectivity index (χ0v) is 9.71. The van der Waals surface area contributed by atoms with E-state index in [4.69, 9.17) is 17.3 Å². The minimum atomic E-state index is -0.750. The van der Waals surface area contributed by atoms with Crippen LogP contribution in [0.1, 0.15) is 25.0 Å². The van der Waals surface area contributed by atoms with Gasteiger partial charge in [-0.3, -0.25) is 10.1 Å². The molecule has 1 aliphatic rings. The number of rotatable bonds is 2. The summed E-state index contributed by atoms with van der Waals surface area (Å²) in [5.74, 6) is -0.0212. The quantitative estimate of drug-likeness (QED) is 0.763. The first-order valence-corrected chi connectivity index (χ1v) is 5.49. The van der Waals surface area contributed by atoms with Crippen LogP contribution in [0.5, 0.6) is 0 Å². The van der Waals surface area contributed by atoms with Gasteiger partial charge in [0.15, 0.2) is 0 Å². The highest BCUT2D eigenvalue weighted by molar-refractivity contribution is 6.29. The Morgan fingerprint density at radius 3 is 2.75 bits per heavy atom. The van der Waals surface area contributed by atoms with Crippen LogP contribution in [-0.2, 0) is 4.79 Å². The molecule has 0 unspecified atom stereocenters. The van der Waals surface area contributed by atoms with E-state index in [0.29, 0.717) is 23.7 Å². The largest absolute Gasteiger partial charge is 0.317 e. The fourth-order valence-corrected chi connectivity index (χ4v) is 1.83. The Labute approximate surface area is 98.4 Å². The average Bonchev–Trinajstić information content (AvgIpc) is 2.12. The summed E-state index contributed by atoms with van der Waals surface area (Å²) in [6.45, 7) is 1.78. The van der Waals surface area contributed by atoms with Crippen molar-refractivity contribution in [3.8, 4) is 0 Å². The van der Waals surface area contributed by atoms with E-state index < -0.39 is 5.54 Å². The van der Waals surface area contributed by atoms with Crippen LogP contribution >= 0.6 is 11.6 Å². The summed E-state index contributed by atoms with van der Waals surface area (Å²) in [4.78, 5) is 19.8. The molecule has 1 saturated carbocycles. The third kappa shape index (κ3) is 2.15. The van der Waals surface area contributed by atoms with Crippen molar-refractivity contribution in [2.24, 2.45) is 5.73 Å². The average molecular weight is 241 g/mol. The van der Waals surface area contributed by atoms with Crippen LogP contribution in [0, 0.1) is 6.92 Å². The first-order chi connectivity index (χ1) is 7.49. The van der Waals surface area contributed by atoms with Crippen LogP contribution in [0.15, 0.2) is 6.07 Å². The number of halogens is 1. The van der Waals surface area contributed by atoms with Gasteiger partial charge in [0.05, 0.1) is 5.54 Å². The van der Waals surface area contributed by atoms with Crippen LogP contribution in [-0.4, -0.2) is 21.4 Å². The Hall–Kier alpha value is -1.20. The van der Waals surface area contributed by atoms with Crippen molar-refractivity contribution in [3.63, 3.8) is 0 Å². The predicted octanol–water partition coefficient (Wildman–Crippen LogP) is 1.26. The van der Waals surface area contributed by atoms with Gasteiger partial charge in [-0.15, -0.1) is 0 Å². The Morgan fingerprint density at radius 1 is 1.56 bits per heavy atom. The van der Waals surface area contributed by atoms with Gasteiger partial charge in [0.2, 0.25) is 11.9 Å². The number of nitrogens with zero attached hydrogens (tertiary/aromatic N) is 2. The molecule has 0 aliphatic heterocycles. The molecule has 86 valence electrons. The van der Waals surface area contributed by atoms with Crippen molar-refractivity contribution in [1.82, 2.24) is 9.97 Å². The molecule has 1 aliphatic carbocycles. The highest BCUT2D eigenvalue weighted by Crippen LogP contribution is 2.29. The number of carbonyl (C=O) groups excluding carboxylic acids is 1. The summed E-state index contributed by atoms with van der Waals surface area (Å²) >= 11 is 5.76. The van der Waals surface area contributed by atoms with Gasteiger partial charge in [0.25, 0.3) is 0 Å². The fraction of sp³-hybridized carbons (Fsp3) is 0.500. The molecule has 0 spiro atoms. The van der Waals surface area contributed by atoms with Crippen LogP contribution in [0.2, 0.25) is 5.15 Å². The normalized spacial score (nSPS) is 17.7. The van der Waals surface area contributed by atoms with Gasteiger partial charge in [0, 0.05) is 5.69 Å². The maximum absolute atomic E-state index is 11.8. The Balaban J connectivity index is 2.11. The highest BCUT2D eigenvalue weighted by atomic mass is 35.5. The van der Waals surface area contributed by atoms with Crippen LogP contribution in [0.3, 0.4) is 0 Å². The van der Waals surface area contributed by atoms with Crippen molar-refractivity contribution >= 4 is 23.5 Å². The summed E-state index contributed by atoms with van der Waals surface area (Å²) < 4.78 is 0. The molecule has 1 aromatic rings. The lowest BCUT2D eigenvalue weighted by Crippen LogP contribution is -2.56. The molecule has 0 saturated heterocycles. The molecule has 0 radical (unpaired) electrons. The zero-order valence-electron chi connectivity index (χ0n) is 8.96. The van der Waals surface area contributed by atoms with Gasteiger partial charge in [-0.1, -0.05) is 11.6 Å². The number of nitrogens with two attached hydrogens (primary N) is 1. The molecule has 1 heterocycles. The first kappa shape index (κ1) is 11.3. The van der Waals surface area contributed by atoms with E-state index in [2.05, 4.69) is 15.3 Å². The van der Waals surface area contributed by atoms with Gasteiger partial charge in [-0.25, -0.2) is 9.97 Å². The van der Waals surface area contributed by atoms with Gasteiger partial charge in [-0.05, 0) is 32.3 Å². The molecular weight excluding hydrogens is 228 g/mol. The molecule has 1 aromatic heterocycles. The second-order valence-corrected chi connectivity index (χ2v) is 4.51. The maximum atomic E-state index is 11.8. The monoisotopic (exact) mass is 240 g/mol. The topological polar surface area (TPSA) is 80.9 Å². The SMILES string of the molecule is Cc1cc(Cl)nc(NC(=O)C2(N)CCC2)n1. The number of aryl methyl sites for hydroxylation is 1. The van der Waals surface area contributed by atoms with Crippen molar-refractivity contribution in [1.29, 1.82) is 0 Å². The number of carbonyl (C=O) groups is 1. The van der Waals surface area contributed by atoms with E-state index in [9.17, 15) is 4.79 Å². The lowest BCUT2D eigenvalue weighted by atomic mass is 9.77. The number of anilines is 1. The molecule has 5 nitrogen and oxygen atoms in total. The first-order valence-electron chi connectivity index (χ1n) is 5.11. The molecule has 0 bridgehead atoms. The molecule has 0 aromatic carbocycles. The molecule has 2 rings (SSSR count). The number of amides is 1. The number of hydrogen-bond acceptors (Lipinski definition) is 4. The number of nitrogens with one attached hydrogen (secondary N) is 1. The number of aromatic nitrogens is 2. The Bertz CT molecular complexity index is 411. The van der Waals surface area contributed by atoms with E-state index in [0.717, 1.165) is 6.42 Å². The number of hydrogen-bond donors (Lipinski definition) is 2. The second-order valence-electron chi connectivity index (χ2n) is 4.12. The van der Waals surface area contributed by atoms with Gasteiger partial charge < -0.3 is 5.73 Å². The van der Waals surface area contributed by atoms with Gasteiger partial charge in [-0.2, -0.15) is 0 Å². The predicted molar refractivity (Wildman–Crippen MR) is 61.2 cm³/mol. The van der Waals surface area contributed by atoms with Crippen LogP contribution in [0.25, 0.3) is 0 Å². The lowest BCUT2D eigenvalue weighted by Gasteiger charge is -2.35. The summed E-state index contributed by atoms with van der Waals surface area (Å²) in [5, 5.41) is 2.90. The second kappa shape index (κ2) is 3.99. The molecule has 3 N–H and O–H groups in total. The molecule has 0 atom stereocenters. The van der Waals surface area contributed by atoms with E-state index in [1.807, 2.05) is 0 Å². The zero-order chi connectivity index (χ0) is 11.8. The summed E-state index contributed by atoms with van der Waals surface area (Å²) in [5.41, 5.74) is 5.82. The van der Waals surface area contributed by atoms with Crippen molar-refractivity contribution in [2.75, 3.05) is 5.32 Å². The van der Waals surface area contributed by atoms with E-state index in [-0.39, 0.29) is 11.9 Å². The third-order valence-corrected chi connectivity index (χ3v) is 2.94. The van der Waals surface area contributed by atoms with Crippen molar-refractivity contribution < 1.29 is 4.79 Å². The van der Waals surface area contributed by atoms with E-state index in [1.54, 1.807) is 13.0 Å². The highest BCUT2D eigenvalue weighted by Gasteiger charge is 2.40. The van der Waals surface area contributed by atoms with Gasteiger partial charge >= 0.3 is 0 Å². The third-order valence-electron chi connectivity index (χ3n) is 2.75. The summed E-state index contributed by atoms with van der Waals surface area (Å²) in [6, 6.07) is 1.62. The minimum absolute atomic E-state index is 0.215. The molecule has 16 heavy (non-hydrogen) atoms. The van der Waals surface area contributed by atoms with Crippen molar-refractivity contribution in [3.05, 3.63) is 16.9 Å². The van der Waals surface area contributed by atoms with Crippen LogP contribution in [0.4, 0.5) is 5.95 Å². The Kier molecular flexibility index (Phi) is 2.82.